The van der Waals surface area contributed by atoms with Crippen molar-refractivity contribution in [2.45, 2.75) is 38.8 Å². The monoisotopic (exact) mass is 158 g/mol. The van der Waals surface area contributed by atoms with Gasteiger partial charge < -0.3 is 16.2 Å². The lowest BCUT2D eigenvalue weighted by molar-refractivity contribution is 0.0888. The van der Waals surface area contributed by atoms with E-state index in [1.807, 2.05) is 6.92 Å². The van der Waals surface area contributed by atoms with Crippen LogP contribution in [0.5, 0.6) is 0 Å². The third-order valence-corrected chi connectivity index (χ3v) is 1.74. The second kappa shape index (κ2) is 3.83. The zero-order valence-electron chi connectivity index (χ0n) is 7.46. The fourth-order valence-electron chi connectivity index (χ4n) is 0.724. The van der Waals surface area contributed by atoms with Crippen molar-refractivity contribution in [3.8, 4) is 0 Å². The molecule has 0 aromatic carbocycles. The molecule has 0 aromatic heterocycles. The molecule has 0 fully saturated rings. The van der Waals surface area contributed by atoms with Crippen LogP contribution in [0, 0.1) is 11.3 Å². The van der Waals surface area contributed by atoms with E-state index in [0.29, 0.717) is 6.42 Å². The van der Waals surface area contributed by atoms with E-state index in [-0.39, 0.29) is 5.92 Å². The number of aliphatic hydroxyl groups is 1. The smallest absolute Gasteiger partial charge is 0.0720 e. The molecule has 0 bridgehead atoms. The van der Waals surface area contributed by atoms with Crippen molar-refractivity contribution in [2.24, 2.45) is 11.7 Å². The Morgan fingerprint density at radius 3 is 2.36 bits per heavy atom. The fourth-order valence-corrected chi connectivity index (χ4v) is 0.724. The summed E-state index contributed by atoms with van der Waals surface area (Å²) in [4.78, 5) is 0. The first-order chi connectivity index (χ1) is 4.88. The van der Waals surface area contributed by atoms with Gasteiger partial charge in [-0.1, -0.05) is 6.92 Å². The van der Waals surface area contributed by atoms with E-state index >= 15 is 0 Å². The fraction of sp³-hybridized carbons (Fsp3) is 0.875. The largest absolute Gasteiger partial charge is 0.391 e. The Morgan fingerprint density at radius 2 is 2.09 bits per heavy atom. The molecule has 0 rings (SSSR count). The summed E-state index contributed by atoms with van der Waals surface area (Å²) in [5.74, 6) is 0.104. The standard InChI is InChI=1S/C8H18N2O/c1-6(5-9)4-7(11)8(2,3)10/h5-7,9,11H,4,10H2,1-3H3. The normalized spacial score (nSPS) is 17.5. The average molecular weight is 158 g/mol. The number of hydrogen-bond acceptors (Lipinski definition) is 3. The van der Waals surface area contributed by atoms with E-state index in [2.05, 4.69) is 0 Å². The highest BCUT2D eigenvalue weighted by Crippen LogP contribution is 2.13. The molecular formula is C8H18N2O. The molecule has 2 unspecified atom stereocenters. The Morgan fingerprint density at radius 1 is 1.64 bits per heavy atom. The zero-order valence-corrected chi connectivity index (χ0v) is 7.46. The first kappa shape index (κ1) is 10.6. The van der Waals surface area contributed by atoms with Gasteiger partial charge in [-0.2, -0.15) is 0 Å². The van der Waals surface area contributed by atoms with Gasteiger partial charge in [-0.25, -0.2) is 0 Å². The highest BCUT2D eigenvalue weighted by atomic mass is 16.3. The van der Waals surface area contributed by atoms with Gasteiger partial charge in [0.1, 0.15) is 0 Å². The predicted octanol–water partition coefficient (Wildman–Crippen LogP) is 0.760. The molecule has 3 heteroatoms. The first-order valence-electron chi connectivity index (χ1n) is 3.85. The van der Waals surface area contributed by atoms with Crippen molar-refractivity contribution in [3.63, 3.8) is 0 Å². The van der Waals surface area contributed by atoms with Gasteiger partial charge in [0, 0.05) is 5.54 Å². The lowest BCUT2D eigenvalue weighted by Crippen LogP contribution is -2.45. The minimum Gasteiger partial charge on any atom is -0.391 e. The number of nitrogens with one attached hydrogen (secondary N) is 1. The third kappa shape index (κ3) is 4.11. The van der Waals surface area contributed by atoms with E-state index in [1.54, 1.807) is 13.8 Å². The number of hydrogen-bond donors (Lipinski definition) is 3. The van der Waals surface area contributed by atoms with E-state index in [0.717, 1.165) is 0 Å². The van der Waals surface area contributed by atoms with Crippen LogP contribution in [0.2, 0.25) is 0 Å². The molecule has 0 saturated carbocycles. The van der Waals surface area contributed by atoms with Crippen LogP contribution in [0.3, 0.4) is 0 Å². The maximum Gasteiger partial charge on any atom is 0.0720 e. The molecule has 0 aliphatic rings. The third-order valence-electron chi connectivity index (χ3n) is 1.74. The van der Waals surface area contributed by atoms with Gasteiger partial charge >= 0.3 is 0 Å². The molecule has 0 saturated heterocycles. The molecule has 4 N–H and O–H groups in total. The summed E-state index contributed by atoms with van der Waals surface area (Å²) in [5.41, 5.74) is 5.10. The molecule has 0 amide bonds. The van der Waals surface area contributed by atoms with Crippen molar-refractivity contribution >= 4 is 6.21 Å². The number of aliphatic hydroxyl groups excluding tert-OH is 1. The van der Waals surface area contributed by atoms with E-state index < -0.39 is 11.6 Å². The van der Waals surface area contributed by atoms with Crippen molar-refractivity contribution < 1.29 is 5.11 Å². The van der Waals surface area contributed by atoms with Crippen LogP contribution in [0.15, 0.2) is 0 Å². The molecule has 66 valence electrons. The van der Waals surface area contributed by atoms with Crippen molar-refractivity contribution in [3.05, 3.63) is 0 Å². The SMILES string of the molecule is CC(C=N)CC(O)C(C)(C)N. The summed E-state index contributed by atoms with van der Waals surface area (Å²) < 4.78 is 0. The molecule has 0 radical (unpaired) electrons. The van der Waals surface area contributed by atoms with Gasteiger partial charge in [0.15, 0.2) is 0 Å². The lowest BCUT2D eigenvalue weighted by Gasteiger charge is -2.26. The summed E-state index contributed by atoms with van der Waals surface area (Å²) in [6.45, 7) is 5.46. The van der Waals surface area contributed by atoms with Crippen LogP contribution in [0.1, 0.15) is 27.2 Å². The number of nitrogens with two attached hydrogens (primary N) is 1. The number of rotatable bonds is 4. The van der Waals surface area contributed by atoms with E-state index in [9.17, 15) is 5.11 Å². The van der Waals surface area contributed by atoms with Crippen molar-refractivity contribution in [1.29, 1.82) is 5.41 Å². The second-order valence-electron chi connectivity index (χ2n) is 3.72. The molecule has 0 aliphatic carbocycles. The molecule has 0 aromatic rings. The average Bonchev–Trinajstić information content (AvgIpc) is 1.85. The summed E-state index contributed by atoms with van der Waals surface area (Å²) in [6, 6.07) is 0. The van der Waals surface area contributed by atoms with Crippen LogP contribution in [0.25, 0.3) is 0 Å². The van der Waals surface area contributed by atoms with Gasteiger partial charge in [-0.15, -0.1) is 0 Å². The Labute approximate surface area is 68.1 Å². The Balaban J connectivity index is 3.87. The van der Waals surface area contributed by atoms with E-state index in [1.165, 1.54) is 6.21 Å². The van der Waals surface area contributed by atoms with Crippen LogP contribution in [0.4, 0.5) is 0 Å². The highest BCUT2D eigenvalue weighted by Gasteiger charge is 2.23. The van der Waals surface area contributed by atoms with Crippen LogP contribution >= 0.6 is 0 Å². The van der Waals surface area contributed by atoms with Gasteiger partial charge in [-0.3, -0.25) is 0 Å². The predicted molar refractivity (Wildman–Crippen MR) is 46.8 cm³/mol. The maximum atomic E-state index is 9.46. The second-order valence-corrected chi connectivity index (χ2v) is 3.72. The Kier molecular flexibility index (Phi) is 3.69. The molecule has 11 heavy (non-hydrogen) atoms. The first-order valence-corrected chi connectivity index (χ1v) is 3.85. The summed E-state index contributed by atoms with van der Waals surface area (Å²) >= 11 is 0. The van der Waals surface area contributed by atoms with Gasteiger partial charge in [0.2, 0.25) is 0 Å². The Bertz CT molecular complexity index is 129. The highest BCUT2D eigenvalue weighted by molar-refractivity contribution is 5.56. The zero-order chi connectivity index (χ0) is 9.07. The quantitative estimate of drug-likeness (QED) is 0.529. The van der Waals surface area contributed by atoms with Crippen LogP contribution < -0.4 is 5.73 Å². The van der Waals surface area contributed by atoms with E-state index in [4.69, 9.17) is 11.1 Å². The van der Waals surface area contributed by atoms with Crippen molar-refractivity contribution in [1.82, 2.24) is 0 Å². The molecular weight excluding hydrogens is 140 g/mol. The van der Waals surface area contributed by atoms with Gasteiger partial charge in [-0.05, 0) is 32.4 Å². The summed E-state index contributed by atoms with van der Waals surface area (Å²) in [5, 5.41) is 16.4. The van der Waals surface area contributed by atoms with Crippen LogP contribution in [-0.4, -0.2) is 23.0 Å². The summed E-state index contributed by atoms with van der Waals surface area (Å²) in [6.07, 6.45) is 1.36. The van der Waals surface area contributed by atoms with Crippen LogP contribution in [-0.2, 0) is 0 Å². The molecule has 3 nitrogen and oxygen atoms in total. The minimum atomic E-state index is -0.558. The Hall–Kier alpha value is -0.410. The molecule has 0 aliphatic heterocycles. The molecule has 0 heterocycles. The maximum absolute atomic E-state index is 9.46. The molecule has 0 spiro atoms. The van der Waals surface area contributed by atoms with Gasteiger partial charge in [0.05, 0.1) is 6.10 Å². The minimum absolute atomic E-state index is 0.104. The van der Waals surface area contributed by atoms with Gasteiger partial charge in [0.25, 0.3) is 0 Å². The topological polar surface area (TPSA) is 70.1 Å². The van der Waals surface area contributed by atoms with Crippen molar-refractivity contribution in [2.75, 3.05) is 0 Å². The lowest BCUT2D eigenvalue weighted by atomic mass is 9.91. The molecule has 2 atom stereocenters. The summed E-state index contributed by atoms with van der Waals surface area (Å²) in [7, 11) is 0.